The van der Waals surface area contributed by atoms with Crippen LogP contribution in [0.2, 0.25) is 0 Å². The van der Waals surface area contributed by atoms with E-state index in [0.29, 0.717) is 31.8 Å². The number of fused-ring (bicyclic) bond motifs is 1. The maximum Gasteiger partial charge on any atom is 0.418 e. The van der Waals surface area contributed by atoms with Crippen LogP contribution in [0.25, 0.3) is 16.6 Å². The second kappa shape index (κ2) is 8.72. The topological polar surface area (TPSA) is 54.8 Å². The van der Waals surface area contributed by atoms with E-state index in [1.54, 1.807) is 0 Å². The van der Waals surface area contributed by atoms with E-state index in [0.717, 1.165) is 22.9 Å². The van der Waals surface area contributed by atoms with Crippen molar-refractivity contribution in [2.75, 3.05) is 26.7 Å². The van der Waals surface area contributed by atoms with Crippen molar-refractivity contribution in [3.63, 3.8) is 0 Å². The number of rotatable bonds is 3. The molecule has 1 aliphatic rings. The minimum absolute atomic E-state index is 0.313. The number of hydroxylamine groups is 2. The van der Waals surface area contributed by atoms with Crippen LogP contribution in [0.1, 0.15) is 29.8 Å². The predicted molar refractivity (Wildman–Crippen MR) is 118 cm³/mol. The van der Waals surface area contributed by atoms with E-state index in [9.17, 15) is 31.5 Å². The number of para-hydroxylation sites is 1. The maximum absolute atomic E-state index is 14.1. The summed E-state index contributed by atoms with van der Waals surface area (Å²) >= 11 is 0. The molecule has 0 N–H and O–H groups in total. The van der Waals surface area contributed by atoms with E-state index in [1.807, 2.05) is 20.9 Å². The first-order valence-corrected chi connectivity index (χ1v) is 10.7. The largest absolute Gasteiger partial charge is 0.418 e. The monoisotopic (exact) mass is 495 g/mol. The molecule has 2 aromatic carbocycles. The Morgan fingerprint density at radius 3 is 2.37 bits per heavy atom. The molecule has 4 rings (SSSR count). The third-order valence-corrected chi connectivity index (χ3v) is 6.23. The van der Waals surface area contributed by atoms with Crippen molar-refractivity contribution in [1.82, 2.24) is 14.5 Å². The molecule has 0 spiro atoms. The van der Waals surface area contributed by atoms with Gasteiger partial charge in [-0.2, -0.15) is 13.2 Å². The van der Waals surface area contributed by atoms with Crippen LogP contribution in [-0.4, -0.2) is 52.7 Å². The van der Waals surface area contributed by atoms with Crippen molar-refractivity contribution in [2.45, 2.75) is 25.6 Å². The van der Waals surface area contributed by atoms with Crippen LogP contribution in [0.15, 0.2) is 47.4 Å². The lowest BCUT2D eigenvalue weighted by atomic mass is 10.0. The van der Waals surface area contributed by atoms with Crippen LogP contribution in [0.5, 0.6) is 0 Å². The Hall–Kier alpha value is -3.31. The van der Waals surface area contributed by atoms with Gasteiger partial charge >= 0.3 is 12.1 Å². The van der Waals surface area contributed by atoms with E-state index in [1.165, 1.54) is 17.2 Å². The van der Waals surface area contributed by atoms with Gasteiger partial charge in [-0.15, -0.1) is 5.06 Å². The molecule has 0 atom stereocenters. The molecule has 186 valence electrons. The van der Waals surface area contributed by atoms with E-state index in [2.05, 4.69) is 4.90 Å². The molecule has 3 aromatic rings. The highest BCUT2D eigenvalue weighted by Crippen LogP contribution is 2.35. The van der Waals surface area contributed by atoms with Crippen LogP contribution in [0.3, 0.4) is 0 Å². The van der Waals surface area contributed by atoms with Crippen molar-refractivity contribution in [2.24, 2.45) is 0 Å². The van der Waals surface area contributed by atoms with Gasteiger partial charge in [-0.3, -0.25) is 9.69 Å². The molecule has 35 heavy (non-hydrogen) atoms. The number of piperazine rings is 1. The summed E-state index contributed by atoms with van der Waals surface area (Å²) in [7, 11) is 1.91. The lowest BCUT2D eigenvalue weighted by molar-refractivity contribution is -0.155. The average molecular weight is 495 g/mol. The van der Waals surface area contributed by atoms with Crippen LogP contribution < -0.4 is 5.43 Å². The highest BCUT2D eigenvalue weighted by atomic mass is 19.4. The van der Waals surface area contributed by atoms with Crippen LogP contribution in [-0.2, 0) is 11.0 Å². The molecule has 2 heterocycles. The van der Waals surface area contributed by atoms with Gasteiger partial charge < -0.3 is 9.40 Å². The normalized spacial score (nSPS) is 17.0. The molecular formula is C24H22F5N3O3. The Labute approximate surface area is 197 Å². The third kappa shape index (κ3) is 4.65. The van der Waals surface area contributed by atoms with Crippen LogP contribution >= 0.6 is 0 Å². The summed E-state index contributed by atoms with van der Waals surface area (Å²) < 4.78 is 70.1. The number of nitrogens with zero attached hydrogens (tertiary/aromatic N) is 3. The maximum atomic E-state index is 14.1. The van der Waals surface area contributed by atoms with Gasteiger partial charge in [0.2, 0.25) is 5.43 Å². The van der Waals surface area contributed by atoms with Gasteiger partial charge in [-0.1, -0.05) is 12.1 Å². The number of benzene rings is 2. The lowest BCUT2D eigenvalue weighted by Crippen LogP contribution is -2.57. The molecule has 1 aliphatic heterocycles. The summed E-state index contributed by atoms with van der Waals surface area (Å²) in [6, 6.07) is 5.59. The van der Waals surface area contributed by atoms with Gasteiger partial charge in [-0.05, 0) is 39.1 Å². The quantitative estimate of drug-likeness (QED) is 0.505. The minimum atomic E-state index is -4.79. The summed E-state index contributed by atoms with van der Waals surface area (Å²) in [6.45, 7) is 5.08. The van der Waals surface area contributed by atoms with Gasteiger partial charge in [0.05, 0.1) is 28.7 Å². The second-order valence-electron chi connectivity index (χ2n) is 9.02. The highest BCUT2D eigenvalue weighted by molar-refractivity contribution is 5.94. The number of aromatic nitrogens is 1. The fourth-order valence-corrected chi connectivity index (χ4v) is 4.03. The first kappa shape index (κ1) is 24.8. The van der Waals surface area contributed by atoms with Crippen molar-refractivity contribution in [3.8, 4) is 5.69 Å². The van der Waals surface area contributed by atoms with Gasteiger partial charge in [0, 0.05) is 30.9 Å². The fraction of sp³-hybridized carbons (Fsp3) is 0.333. The molecule has 0 radical (unpaired) electrons. The zero-order valence-corrected chi connectivity index (χ0v) is 19.1. The lowest BCUT2D eigenvalue weighted by Gasteiger charge is -2.43. The number of likely N-dealkylation sites (N-methyl/N-ethyl adjacent to an activating group) is 1. The second-order valence-corrected chi connectivity index (χ2v) is 9.02. The SMILES string of the molecule is CN1CCN(OC(=O)c2cn(-c3ccccc3C(F)(F)F)c3cc(F)c(F)cc3c2=O)CC1(C)C. The van der Waals surface area contributed by atoms with Crippen molar-refractivity contribution in [3.05, 3.63) is 75.6 Å². The number of hydrogen-bond acceptors (Lipinski definition) is 5. The number of carbonyl (C=O) groups is 1. The van der Waals surface area contributed by atoms with Crippen molar-refractivity contribution in [1.29, 1.82) is 0 Å². The average Bonchev–Trinajstić information content (AvgIpc) is 2.77. The van der Waals surface area contributed by atoms with Gasteiger partial charge in [0.15, 0.2) is 11.6 Å². The molecule has 1 saturated heterocycles. The smallest absolute Gasteiger partial charge is 0.364 e. The molecule has 6 nitrogen and oxygen atoms in total. The predicted octanol–water partition coefficient (Wildman–Crippen LogP) is 4.39. The Morgan fingerprint density at radius 1 is 1.06 bits per heavy atom. The van der Waals surface area contributed by atoms with E-state index >= 15 is 0 Å². The van der Waals surface area contributed by atoms with Crippen molar-refractivity contribution < 1.29 is 31.6 Å². The molecular weight excluding hydrogens is 473 g/mol. The molecule has 11 heteroatoms. The Morgan fingerprint density at radius 2 is 1.71 bits per heavy atom. The number of pyridine rings is 1. The summed E-state index contributed by atoms with van der Waals surface area (Å²) in [5.41, 5.74) is -3.84. The van der Waals surface area contributed by atoms with Gasteiger partial charge in [0.25, 0.3) is 0 Å². The minimum Gasteiger partial charge on any atom is -0.364 e. The van der Waals surface area contributed by atoms with E-state index in [4.69, 9.17) is 4.84 Å². The number of halogens is 5. The third-order valence-electron chi connectivity index (χ3n) is 6.23. The first-order valence-electron chi connectivity index (χ1n) is 10.7. The number of alkyl halides is 3. The summed E-state index contributed by atoms with van der Waals surface area (Å²) in [5, 5.41) is 0.902. The first-order chi connectivity index (χ1) is 16.3. The molecule has 0 unspecified atom stereocenters. The standard InChI is InChI=1S/C24H22F5N3O3/c1-23(2)13-31(9-8-30(23)3)35-22(34)15-12-32(19-7-5-4-6-16(19)24(27,28)29)20-11-18(26)17(25)10-14(20)21(15)33/h4-7,10-12H,8-9,13H2,1-3H3. The number of hydrogen-bond donors (Lipinski definition) is 0. The Bertz CT molecular complexity index is 1370. The molecule has 0 aliphatic carbocycles. The summed E-state index contributed by atoms with van der Waals surface area (Å²) in [4.78, 5) is 33.5. The molecule has 0 saturated carbocycles. The van der Waals surface area contributed by atoms with E-state index < -0.39 is 51.4 Å². The van der Waals surface area contributed by atoms with Crippen LogP contribution in [0, 0.1) is 11.6 Å². The highest BCUT2D eigenvalue weighted by Gasteiger charge is 2.35. The van der Waals surface area contributed by atoms with Crippen molar-refractivity contribution >= 4 is 16.9 Å². The zero-order valence-electron chi connectivity index (χ0n) is 19.1. The Kier molecular flexibility index (Phi) is 6.18. The Balaban J connectivity index is 1.88. The fourth-order valence-electron chi connectivity index (χ4n) is 4.03. The molecule has 0 amide bonds. The molecule has 0 bridgehead atoms. The van der Waals surface area contributed by atoms with Gasteiger partial charge in [0.1, 0.15) is 5.56 Å². The molecule has 1 aromatic heterocycles. The van der Waals surface area contributed by atoms with Crippen LogP contribution in [0.4, 0.5) is 22.0 Å². The molecule has 1 fully saturated rings. The zero-order chi connectivity index (χ0) is 25.7. The van der Waals surface area contributed by atoms with E-state index in [-0.39, 0.29) is 11.1 Å². The number of carbonyl (C=O) groups excluding carboxylic acids is 1. The summed E-state index contributed by atoms with van der Waals surface area (Å²) in [5.74, 6) is -3.85. The summed E-state index contributed by atoms with van der Waals surface area (Å²) in [6.07, 6.45) is -3.92. The van der Waals surface area contributed by atoms with Gasteiger partial charge in [-0.25, -0.2) is 13.6 Å².